The maximum absolute atomic E-state index is 13.6. The minimum Gasteiger partial charge on any atom is -0.354 e. The van der Waals surface area contributed by atoms with Crippen LogP contribution in [0.5, 0.6) is 0 Å². The Labute approximate surface area is 205 Å². The highest BCUT2D eigenvalue weighted by atomic mass is 35.5. The van der Waals surface area contributed by atoms with Gasteiger partial charge in [-0.25, -0.2) is 0 Å². The zero-order valence-electron chi connectivity index (χ0n) is 18.6. The highest BCUT2D eigenvalue weighted by Crippen LogP contribution is 2.25. The third-order valence-electron chi connectivity index (χ3n) is 5.36. The number of rotatable bonds is 10. The van der Waals surface area contributed by atoms with Crippen LogP contribution in [0.3, 0.4) is 0 Å². The Morgan fingerprint density at radius 1 is 0.848 bits per heavy atom. The van der Waals surface area contributed by atoms with Crippen molar-refractivity contribution < 1.29 is 9.59 Å². The number of benzene rings is 3. The number of nitrogens with zero attached hydrogens (tertiary/aromatic N) is 1. The first kappa shape index (κ1) is 24.8. The van der Waals surface area contributed by atoms with Crippen molar-refractivity contribution in [2.45, 2.75) is 38.8 Å². The predicted molar refractivity (Wildman–Crippen MR) is 134 cm³/mol. The number of unbranched alkanes of at least 4 members (excludes halogenated alkanes) is 1. The monoisotopic (exact) mass is 482 g/mol. The third-order valence-corrected chi connectivity index (χ3v) is 5.86. The van der Waals surface area contributed by atoms with Crippen LogP contribution in [0.1, 0.15) is 42.5 Å². The van der Waals surface area contributed by atoms with E-state index >= 15 is 0 Å². The number of nitrogens with one attached hydrogen (secondary N) is 1. The van der Waals surface area contributed by atoms with E-state index in [1.54, 1.807) is 29.2 Å². The topological polar surface area (TPSA) is 49.4 Å². The molecule has 172 valence electrons. The molecule has 0 aliphatic heterocycles. The molecule has 0 spiro atoms. The van der Waals surface area contributed by atoms with Gasteiger partial charge < -0.3 is 10.2 Å². The van der Waals surface area contributed by atoms with E-state index in [0.29, 0.717) is 16.6 Å². The number of amides is 2. The van der Waals surface area contributed by atoms with Crippen molar-refractivity contribution in [3.63, 3.8) is 0 Å². The average Bonchev–Trinajstić information content (AvgIpc) is 2.82. The van der Waals surface area contributed by atoms with E-state index in [0.717, 1.165) is 29.5 Å². The molecule has 0 fully saturated rings. The van der Waals surface area contributed by atoms with Crippen molar-refractivity contribution in [1.29, 1.82) is 0 Å². The Bertz CT molecular complexity index is 1040. The molecule has 0 unspecified atom stereocenters. The van der Waals surface area contributed by atoms with Crippen LogP contribution >= 0.6 is 23.2 Å². The molecular formula is C27H28Cl2N2O2. The summed E-state index contributed by atoms with van der Waals surface area (Å²) in [6, 6.07) is 23.2. The predicted octanol–water partition coefficient (Wildman–Crippen LogP) is 6.22. The van der Waals surface area contributed by atoms with Crippen LogP contribution < -0.4 is 5.32 Å². The van der Waals surface area contributed by atoms with E-state index < -0.39 is 6.04 Å². The van der Waals surface area contributed by atoms with Crippen LogP contribution in [-0.4, -0.2) is 23.3 Å². The van der Waals surface area contributed by atoms with Crippen molar-refractivity contribution in [3.05, 3.63) is 106 Å². The molecule has 0 heterocycles. The van der Waals surface area contributed by atoms with E-state index in [1.807, 2.05) is 54.6 Å². The zero-order valence-corrected chi connectivity index (χ0v) is 20.1. The van der Waals surface area contributed by atoms with Crippen molar-refractivity contribution in [3.8, 4) is 0 Å². The van der Waals surface area contributed by atoms with Gasteiger partial charge >= 0.3 is 0 Å². The van der Waals surface area contributed by atoms with Gasteiger partial charge in [-0.1, -0.05) is 91.1 Å². The summed E-state index contributed by atoms with van der Waals surface area (Å²) in [7, 11) is 0. The normalized spacial score (nSPS) is 11.6. The first-order chi connectivity index (χ1) is 16.0. The van der Waals surface area contributed by atoms with Gasteiger partial charge in [0.1, 0.15) is 6.04 Å². The Morgan fingerprint density at radius 2 is 1.42 bits per heavy atom. The van der Waals surface area contributed by atoms with Gasteiger partial charge in [-0.2, -0.15) is 0 Å². The summed E-state index contributed by atoms with van der Waals surface area (Å²) in [4.78, 5) is 28.6. The third kappa shape index (κ3) is 7.34. The lowest BCUT2D eigenvalue weighted by Crippen LogP contribution is -2.44. The van der Waals surface area contributed by atoms with E-state index in [1.165, 1.54) is 0 Å². The van der Waals surface area contributed by atoms with Gasteiger partial charge in [-0.05, 0) is 47.4 Å². The largest absolute Gasteiger partial charge is 0.354 e. The molecule has 0 aromatic heterocycles. The Balaban J connectivity index is 1.96. The zero-order chi connectivity index (χ0) is 23.6. The van der Waals surface area contributed by atoms with E-state index in [9.17, 15) is 9.59 Å². The fourth-order valence-corrected chi connectivity index (χ4v) is 3.83. The molecule has 3 rings (SSSR count). The molecule has 0 saturated heterocycles. The molecule has 1 atom stereocenters. The molecule has 0 saturated carbocycles. The molecule has 33 heavy (non-hydrogen) atoms. The standard InChI is InChI=1S/C27H28Cl2N2O2/c1-2-3-17-30-27(33)26(22-7-5-4-6-8-22)31(19-21-11-15-24(29)16-12-21)25(32)18-20-9-13-23(28)14-10-20/h4-16,26H,2-3,17-19H2,1H3,(H,30,33)/t26-/m1/s1. The molecule has 4 nitrogen and oxygen atoms in total. The van der Waals surface area contributed by atoms with E-state index in [-0.39, 0.29) is 24.8 Å². The number of carbonyl (C=O) groups is 2. The van der Waals surface area contributed by atoms with Crippen molar-refractivity contribution in [2.75, 3.05) is 6.54 Å². The minimum atomic E-state index is -0.751. The molecule has 2 amide bonds. The van der Waals surface area contributed by atoms with Crippen LogP contribution in [0, 0.1) is 0 Å². The van der Waals surface area contributed by atoms with Crippen LogP contribution in [0.15, 0.2) is 78.9 Å². The average molecular weight is 483 g/mol. The second-order valence-corrected chi connectivity index (χ2v) is 8.78. The Morgan fingerprint density at radius 3 is 2.00 bits per heavy atom. The minimum absolute atomic E-state index is 0.147. The van der Waals surface area contributed by atoms with Gasteiger partial charge in [0.25, 0.3) is 0 Å². The van der Waals surface area contributed by atoms with E-state index in [2.05, 4.69) is 12.2 Å². The van der Waals surface area contributed by atoms with Crippen LogP contribution in [0.2, 0.25) is 10.0 Å². The van der Waals surface area contributed by atoms with Crippen LogP contribution in [0.25, 0.3) is 0 Å². The second kappa shape index (κ2) is 12.4. The summed E-state index contributed by atoms with van der Waals surface area (Å²) >= 11 is 12.1. The van der Waals surface area contributed by atoms with Crippen molar-refractivity contribution in [1.82, 2.24) is 10.2 Å². The van der Waals surface area contributed by atoms with Gasteiger partial charge in [0, 0.05) is 23.1 Å². The summed E-state index contributed by atoms with van der Waals surface area (Å²) in [5.74, 6) is -0.333. The fourth-order valence-electron chi connectivity index (χ4n) is 3.58. The maximum Gasteiger partial charge on any atom is 0.247 e. The molecule has 6 heteroatoms. The summed E-state index contributed by atoms with van der Waals surface area (Å²) in [5, 5.41) is 4.25. The summed E-state index contributed by atoms with van der Waals surface area (Å²) in [5.41, 5.74) is 2.50. The van der Waals surface area contributed by atoms with Crippen molar-refractivity contribution in [2.24, 2.45) is 0 Å². The molecule has 0 aliphatic carbocycles. The molecule has 0 radical (unpaired) electrons. The lowest BCUT2D eigenvalue weighted by molar-refractivity contribution is -0.141. The molecule has 0 bridgehead atoms. The summed E-state index contributed by atoms with van der Waals surface area (Å²) < 4.78 is 0. The fraction of sp³-hybridized carbons (Fsp3) is 0.259. The van der Waals surface area contributed by atoms with Gasteiger partial charge in [0.2, 0.25) is 11.8 Å². The smallest absolute Gasteiger partial charge is 0.247 e. The molecule has 1 N–H and O–H groups in total. The highest BCUT2D eigenvalue weighted by Gasteiger charge is 2.31. The van der Waals surface area contributed by atoms with Gasteiger partial charge in [-0.15, -0.1) is 0 Å². The number of hydrogen-bond donors (Lipinski definition) is 1. The lowest BCUT2D eigenvalue weighted by atomic mass is 10.0. The molecule has 0 aliphatic rings. The quantitative estimate of drug-likeness (QED) is 0.348. The number of halogens is 2. The number of hydrogen-bond acceptors (Lipinski definition) is 2. The number of carbonyl (C=O) groups excluding carboxylic acids is 2. The first-order valence-electron chi connectivity index (χ1n) is 11.1. The first-order valence-corrected chi connectivity index (χ1v) is 11.8. The molecule has 3 aromatic carbocycles. The molecule has 3 aromatic rings. The van der Waals surface area contributed by atoms with E-state index in [4.69, 9.17) is 23.2 Å². The SMILES string of the molecule is CCCCNC(=O)[C@@H](c1ccccc1)N(Cc1ccc(Cl)cc1)C(=O)Cc1ccc(Cl)cc1. The lowest BCUT2D eigenvalue weighted by Gasteiger charge is -2.32. The second-order valence-electron chi connectivity index (χ2n) is 7.91. The summed E-state index contributed by atoms with van der Waals surface area (Å²) in [6.45, 7) is 2.92. The highest BCUT2D eigenvalue weighted by molar-refractivity contribution is 6.30. The summed E-state index contributed by atoms with van der Waals surface area (Å²) in [6.07, 6.45) is 2.01. The van der Waals surface area contributed by atoms with Gasteiger partial charge in [0.15, 0.2) is 0 Å². The Kier molecular flexibility index (Phi) is 9.35. The molecular weight excluding hydrogens is 455 g/mol. The van der Waals surface area contributed by atoms with Crippen molar-refractivity contribution >= 4 is 35.0 Å². The van der Waals surface area contributed by atoms with Gasteiger partial charge in [0.05, 0.1) is 6.42 Å². The van der Waals surface area contributed by atoms with Crippen LogP contribution in [0.4, 0.5) is 0 Å². The van der Waals surface area contributed by atoms with Crippen LogP contribution in [-0.2, 0) is 22.6 Å². The maximum atomic E-state index is 13.6. The Hall–Kier alpha value is -2.82. The van der Waals surface area contributed by atoms with Gasteiger partial charge in [-0.3, -0.25) is 9.59 Å².